The maximum atomic E-state index is 5.93. The summed E-state index contributed by atoms with van der Waals surface area (Å²) >= 11 is 0. The van der Waals surface area contributed by atoms with E-state index in [1.807, 2.05) is 0 Å². The van der Waals surface area contributed by atoms with Crippen molar-refractivity contribution >= 4 is 10.8 Å². The van der Waals surface area contributed by atoms with Crippen molar-refractivity contribution in [2.24, 2.45) is 13.0 Å². The molecule has 0 spiro atoms. The first-order valence-corrected chi connectivity index (χ1v) is 8.17. The van der Waals surface area contributed by atoms with E-state index in [1.54, 1.807) is 0 Å². The fraction of sp³-hybridized carbons (Fsp3) is 0.286. The van der Waals surface area contributed by atoms with E-state index < -0.39 is 0 Å². The van der Waals surface area contributed by atoms with Crippen LogP contribution in [-0.2, 0) is 7.05 Å². The molecule has 0 bridgehead atoms. The molecular weight excluding hydrogens is 282 g/mol. The van der Waals surface area contributed by atoms with Crippen molar-refractivity contribution < 1.29 is 9.30 Å². The van der Waals surface area contributed by atoms with Gasteiger partial charge in [-0.25, -0.2) is 4.57 Å². The smallest absolute Gasteiger partial charge is 0.220 e. The van der Waals surface area contributed by atoms with Crippen LogP contribution in [0.5, 0.6) is 5.75 Å². The molecule has 0 N–H and O–H groups in total. The molecule has 0 radical (unpaired) electrons. The largest absolute Gasteiger partial charge is 0.493 e. The van der Waals surface area contributed by atoms with Gasteiger partial charge in [-0.3, -0.25) is 0 Å². The number of aryl methyl sites for hydroxylation is 2. The first-order chi connectivity index (χ1) is 11.1. The van der Waals surface area contributed by atoms with Crippen molar-refractivity contribution in [3.8, 4) is 17.0 Å². The number of hydrogen-bond donors (Lipinski definition) is 0. The third-order valence-electron chi connectivity index (χ3n) is 4.09. The summed E-state index contributed by atoms with van der Waals surface area (Å²) in [6.45, 7) is 7.23. The zero-order valence-electron chi connectivity index (χ0n) is 14.3. The first kappa shape index (κ1) is 15.5. The van der Waals surface area contributed by atoms with Crippen LogP contribution in [0.1, 0.15) is 19.4 Å². The molecule has 3 aromatic rings. The number of nitrogens with zero attached hydrogens (tertiary/aromatic N) is 1. The minimum atomic E-state index is 0.522. The molecule has 0 aliphatic rings. The molecule has 0 aliphatic carbocycles. The number of ether oxygens (including phenoxy) is 1. The summed E-state index contributed by atoms with van der Waals surface area (Å²) in [7, 11) is 2.10. The van der Waals surface area contributed by atoms with Crippen LogP contribution in [0.2, 0.25) is 0 Å². The quantitative estimate of drug-likeness (QED) is 0.638. The zero-order chi connectivity index (χ0) is 16.4. The summed E-state index contributed by atoms with van der Waals surface area (Å²) in [4.78, 5) is 0. The summed E-state index contributed by atoms with van der Waals surface area (Å²) in [5.41, 5.74) is 3.72. The number of hydrogen-bond acceptors (Lipinski definition) is 1. The van der Waals surface area contributed by atoms with E-state index in [9.17, 15) is 0 Å². The molecule has 1 heterocycles. The van der Waals surface area contributed by atoms with E-state index in [-0.39, 0.29) is 0 Å². The van der Waals surface area contributed by atoms with Crippen molar-refractivity contribution in [2.45, 2.75) is 20.8 Å². The summed E-state index contributed by atoms with van der Waals surface area (Å²) < 4.78 is 8.12. The van der Waals surface area contributed by atoms with Crippen molar-refractivity contribution in [3.05, 3.63) is 60.3 Å². The van der Waals surface area contributed by atoms with Crippen molar-refractivity contribution in [1.82, 2.24) is 0 Å². The SMILES string of the molecule is Cc1ccc(OCC(C)C)cc1-c1c2ccccc2cc[n+]1C. The molecule has 3 rings (SSSR count). The predicted octanol–water partition coefficient (Wildman–Crippen LogP) is 4.67. The second kappa shape index (κ2) is 6.41. The molecule has 2 nitrogen and oxygen atoms in total. The third kappa shape index (κ3) is 3.21. The Balaban J connectivity index is 2.14. The maximum Gasteiger partial charge on any atom is 0.220 e. The highest BCUT2D eigenvalue weighted by Gasteiger charge is 2.17. The molecule has 0 unspecified atom stereocenters. The first-order valence-electron chi connectivity index (χ1n) is 8.17. The van der Waals surface area contributed by atoms with Gasteiger partial charge in [0.05, 0.1) is 17.6 Å². The van der Waals surface area contributed by atoms with E-state index >= 15 is 0 Å². The molecule has 0 aliphatic heterocycles. The van der Waals surface area contributed by atoms with Crippen LogP contribution in [0.4, 0.5) is 0 Å². The van der Waals surface area contributed by atoms with E-state index in [0.717, 1.165) is 12.4 Å². The Labute approximate surface area is 138 Å². The molecule has 2 heteroatoms. The minimum absolute atomic E-state index is 0.522. The maximum absolute atomic E-state index is 5.93. The molecule has 23 heavy (non-hydrogen) atoms. The second-order valence-corrected chi connectivity index (χ2v) is 6.54. The van der Waals surface area contributed by atoms with E-state index in [2.05, 4.69) is 87.1 Å². The number of aromatic nitrogens is 1. The van der Waals surface area contributed by atoms with E-state index in [1.165, 1.54) is 27.6 Å². The van der Waals surface area contributed by atoms with E-state index in [0.29, 0.717) is 5.92 Å². The lowest BCUT2D eigenvalue weighted by Gasteiger charge is -2.12. The molecule has 0 saturated heterocycles. The standard InChI is InChI=1S/C21H24NO/c1-15(2)14-23-18-10-9-16(3)20(13-18)21-19-8-6-5-7-17(19)11-12-22(21)4/h5-13,15H,14H2,1-4H3/q+1. The van der Waals surface area contributed by atoms with Gasteiger partial charge < -0.3 is 4.74 Å². The van der Waals surface area contributed by atoms with Gasteiger partial charge in [0.2, 0.25) is 5.69 Å². The molecule has 0 saturated carbocycles. The van der Waals surface area contributed by atoms with Crippen LogP contribution in [-0.4, -0.2) is 6.61 Å². The molecule has 1 aromatic heterocycles. The molecular formula is C21H24NO+. The Morgan fingerprint density at radius 3 is 2.61 bits per heavy atom. The van der Waals surface area contributed by atoms with Crippen LogP contribution in [0, 0.1) is 12.8 Å². The average Bonchev–Trinajstić information content (AvgIpc) is 2.54. The monoisotopic (exact) mass is 306 g/mol. The molecule has 118 valence electrons. The van der Waals surface area contributed by atoms with Gasteiger partial charge in [0, 0.05) is 6.07 Å². The minimum Gasteiger partial charge on any atom is -0.493 e. The lowest BCUT2D eigenvalue weighted by molar-refractivity contribution is -0.659. The van der Waals surface area contributed by atoms with Gasteiger partial charge in [-0.15, -0.1) is 0 Å². The van der Waals surface area contributed by atoms with Crippen LogP contribution in [0.25, 0.3) is 22.0 Å². The summed E-state index contributed by atoms with van der Waals surface area (Å²) in [6.07, 6.45) is 2.12. The number of fused-ring (bicyclic) bond motifs is 1. The Kier molecular flexibility index (Phi) is 4.33. The number of rotatable bonds is 4. The Morgan fingerprint density at radius 2 is 1.83 bits per heavy atom. The predicted molar refractivity (Wildman–Crippen MR) is 95.6 cm³/mol. The van der Waals surface area contributed by atoms with Gasteiger partial charge in [-0.05, 0) is 42.0 Å². The summed E-state index contributed by atoms with van der Waals surface area (Å²) in [6, 6.07) is 17.1. The van der Waals surface area contributed by atoms with Gasteiger partial charge in [0.25, 0.3) is 0 Å². The lowest BCUT2D eigenvalue weighted by atomic mass is 9.99. The van der Waals surface area contributed by atoms with E-state index in [4.69, 9.17) is 4.74 Å². The van der Waals surface area contributed by atoms with Gasteiger partial charge in [0.15, 0.2) is 6.20 Å². The molecule has 0 atom stereocenters. The Morgan fingerprint density at radius 1 is 1.04 bits per heavy atom. The van der Waals surface area contributed by atoms with Crippen molar-refractivity contribution in [2.75, 3.05) is 6.61 Å². The Hall–Kier alpha value is -2.35. The summed E-state index contributed by atoms with van der Waals surface area (Å²) in [5.74, 6) is 1.46. The second-order valence-electron chi connectivity index (χ2n) is 6.54. The van der Waals surface area contributed by atoms with Crippen LogP contribution >= 0.6 is 0 Å². The van der Waals surface area contributed by atoms with Gasteiger partial charge >= 0.3 is 0 Å². The molecule has 0 fully saturated rings. The zero-order valence-corrected chi connectivity index (χ0v) is 14.3. The van der Waals surface area contributed by atoms with Gasteiger partial charge in [-0.2, -0.15) is 0 Å². The van der Waals surface area contributed by atoms with Gasteiger partial charge in [-0.1, -0.05) is 38.1 Å². The number of pyridine rings is 1. The average molecular weight is 306 g/mol. The third-order valence-corrected chi connectivity index (χ3v) is 4.09. The fourth-order valence-electron chi connectivity index (χ4n) is 2.86. The van der Waals surface area contributed by atoms with Crippen LogP contribution in [0.15, 0.2) is 54.7 Å². The van der Waals surface area contributed by atoms with Crippen molar-refractivity contribution in [1.29, 1.82) is 0 Å². The van der Waals surface area contributed by atoms with Gasteiger partial charge in [0.1, 0.15) is 12.8 Å². The fourth-order valence-corrected chi connectivity index (χ4v) is 2.86. The lowest BCUT2D eigenvalue weighted by Crippen LogP contribution is -2.30. The summed E-state index contributed by atoms with van der Waals surface area (Å²) in [5, 5.41) is 2.52. The number of benzene rings is 2. The highest BCUT2D eigenvalue weighted by Crippen LogP contribution is 2.30. The van der Waals surface area contributed by atoms with Crippen LogP contribution < -0.4 is 9.30 Å². The van der Waals surface area contributed by atoms with Crippen molar-refractivity contribution in [3.63, 3.8) is 0 Å². The van der Waals surface area contributed by atoms with Crippen LogP contribution in [0.3, 0.4) is 0 Å². The Bertz CT molecular complexity index is 836. The highest BCUT2D eigenvalue weighted by molar-refractivity contribution is 5.93. The topological polar surface area (TPSA) is 13.1 Å². The molecule has 0 amide bonds. The highest BCUT2D eigenvalue weighted by atomic mass is 16.5. The normalized spacial score (nSPS) is 11.2. The molecule has 2 aromatic carbocycles.